The molecule has 1 aromatic heterocycles. The van der Waals surface area contributed by atoms with Crippen LogP contribution in [0.3, 0.4) is 0 Å². The molecular formula is C22H27ClN4O2. The molecule has 0 bridgehead atoms. The lowest BCUT2D eigenvalue weighted by Crippen LogP contribution is -2.52. The maximum Gasteiger partial charge on any atom is 0.257 e. The Morgan fingerprint density at radius 1 is 1.07 bits per heavy atom. The van der Waals surface area contributed by atoms with Crippen LogP contribution in [0, 0.1) is 19.8 Å². The lowest BCUT2D eigenvalue weighted by molar-refractivity contribution is -0.139. The van der Waals surface area contributed by atoms with Crippen molar-refractivity contribution in [1.82, 2.24) is 19.6 Å². The number of benzene rings is 1. The number of amides is 2. The van der Waals surface area contributed by atoms with Crippen LogP contribution in [-0.4, -0.2) is 57.6 Å². The van der Waals surface area contributed by atoms with Crippen LogP contribution < -0.4 is 0 Å². The molecule has 0 N–H and O–H groups in total. The van der Waals surface area contributed by atoms with Crippen molar-refractivity contribution in [3.63, 3.8) is 0 Å². The molecule has 7 heteroatoms. The first kappa shape index (κ1) is 20.0. The van der Waals surface area contributed by atoms with Gasteiger partial charge in [0.2, 0.25) is 5.91 Å². The molecule has 0 spiro atoms. The largest absolute Gasteiger partial charge is 0.339 e. The molecule has 1 aliphatic carbocycles. The molecule has 0 atom stereocenters. The summed E-state index contributed by atoms with van der Waals surface area (Å²) in [5, 5.41) is 5.29. The molecule has 154 valence electrons. The Kier molecular flexibility index (Phi) is 5.63. The highest BCUT2D eigenvalue weighted by Crippen LogP contribution is 2.29. The normalized spacial score (nSPS) is 17.3. The molecule has 2 aliphatic rings. The second-order valence-electron chi connectivity index (χ2n) is 8.04. The van der Waals surface area contributed by atoms with E-state index < -0.39 is 0 Å². The Morgan fingerprint density at radius 2 is 1.72 bits per heavy atom. The van der Waals surface area contributed by atoms with Gasteiger partial charge in [0.15, 0.2) is 0 Å². The summed E-state index contributed by atoms with van der Waals surface area (Å²) in [5.74, 6) is 0.481. The summed E-state index contributed by atoms with van der Waals surface area (Å²) in [7, 11) is 0. The van der Waals surface area contributed by atoms with Gasteiger partial charge in [0.25, 0.3) is 5.91 Å². The number of piperazine rings is 1. The number of rotatable bonds is 4. The van der Waals surface area contributed by atoms with Gasteiger partial charge >= 0.3 is 0 Å². The van der Waals surface area contributed by atoms with Gasteiger partial charge in [-0.2, -0.15) is 5.10 Å². The minimum Gasteiger partial charge on any atom is -0.339 e. The minimum atomic E-state index is 0.00107. The van der Waals surface area contributed by atoms with E-state index in [1.807, 2.05) is 52.6 Å². The van der Waals surface area contributed by atoms with E-state index in [2.05, 4.69) is 5.10 Å². The monoisotopic (exact) mass is 414 g/mol. The average molecular weight is 415 g/mol. The number of aryl methyl sites for hydroxylation is 1. The van der Waals surface area contributed by atoms with Crippen LogP contribution in [0.25, 0.3) is 0 Å². The van der Waals surface area contributed by atoms with Gasteiger partial charge in [0.1, 0.15) is 0 Å². The van der Waals surface area contributed by atoms with Crippen LogP contribution in [0.15, 0.2) is 24.3 Å². The molecule has 0 radical (unpaired) electrons. The lowest BCUT2D eigenvalue weighted by Gasteiger charge is -2.38. The minimum absolute atomic E-state index is 0.00107. The zero-order chi connectivity index (χ0) is 20.5. The van der Waals surface area contributed by atoms with Gasteiger partial charge in [-0.1, -0.05) is 36.2 Å². The molecule has 1 saturated carbocycles. The second-order valence-corrected chi connectivity index (χ2v) is 8.45. The van der Waals surface area contributed by atoms with Crippen LogP contribution in [0.5, 0.6) is 0 Å². The van der Waals surface area contributed by atoms with Gasteiger partial charge in [0.05, 0.1) is 17.8 Å². The van der Waals surface area contributed by atoms with Crippen LogP contribution in [-0.2, 0) is 11.3 Å². The molecule has 6 nitrogen and oxygen atoms in total. The quantitative estimate of drug-likeness (QED) is 0.771. The third-order valence-corrected chi connectivity index (χ3v) is 6.58. The molecule has 2 amide bonds. The first-order chi connectivity index (χ1) is 14.0. The van der Waals surface area contributed by atoms with Crippen molar-refractivity contribution in [1.29, 1.82) is 0 Å². The van der Waals surface area contributed by atoms with Crippen LogP contribution in [0.1, 0.15) is 46.6 Å². The van der Waals surface area contributed by atoms with E-state index in [9.17, 15) is 9.59 Å². The third kappa shape index (κ3) is 3.90. The van der Waals surface area contributed by atoms with Crippen molar-refractivity contribution < 1.29 is 9.59 Å². The van der Waals surface area contributed by atoms with Crippen LogP contribution in [0.2, 0.25) is 5.02 Å². The number of hydrogen-bond donors (Lipinski definition) is 0. The molecule has 29 heavy (non-hydrogen) atoms. The van der Waals surface area contributed by atoms with Crippen molar-refractivity contribution >= 4 is 23.4 Å². The molecule has 2 aromatic rings. The van der Waals surface area contributed by atoms with Crippen molar-refractivity contribution in [3.05, 3.63) is 51.8 Å². The maximum absolute atomic E-state index is 13.2. The Morgan fingerprint density at radius 3 is 2.34 bits per heavy atom. The number of aromatic nitrogens is 2. The summed E-state index contributed by atoms with van der Waals surface area (Å²) in [4.78, 5) is 29.4. The summed E-state index contributed by atoms with van der Waals surface area (Å²) >= 11 is 6.28. The van der Waals surface area contributed by atoms with E-state index in [4.69, 9.17) is 11.6 Å². The van der Waals surface area contributed by atoms with Gasteiger partial charge < -0.3 is 9.80 Å². The summed E-state index contributed by atoms with van der Waals surface area (Å²) in [6, 6.07) is 7.68. The molecule has 2 heterocycles. The number of carbonyl (C=O) groups excluding carboxylic acids is 2. The van der Waals surface area contributed by atoms with Gasteiger partial charge in [-0.15, -0.1) is 0 Å². The molecule has 1 aromatic carbocycles. The number of nitrogens with zero attached hydrogens (tertiary/aromatic N) is 4. The van der Waals surface area contributed by atoms with E-state index in [-0.39, 0.29) is 17.7 Å². The third-order valence-electron chi connectivity index (χ3n) is 6.21. The molecular weight excluding hydrogens is 388 g/mol. The van der Waals surface area contributed by atoms with Crippen LogP contribution in [0.4, 0.5) is 0 Å². The summed E-state index contributed by atoms with van der Waals surface area (Å²) in [6.07, 6.45) is 3.19. The second kappa shape index (κ2) is 8.19. The van der Waals surface area contributed by atoms with E-state index >= 15 is 0 Å². The molecule has 4 rings (SSSR count). The zero-order valence-corrected chi connectivity index (χ0v) is 17.8. The van der Waals surface area contributed by atoms with Gasteiger partial charge in [-0.25, -0.2) is 0 Å². The topological polar surface area (TPSA) is 58.4 Å². The fraction of sp³-hybridized carbons (Fsp3) is 0.500. The summed E-state index contributed by atoms with van der Waals surface area (Å²) in [5.41, 5.74) is 3.21. The standard InChI is InChI=1S/C22H27ClN4O2/c1-15-20(16(2)27(24-15)14-18-6-3-4-9-19(18)23)22(29)26-12-10-25(11-13-26)21(28)17-7-5-8-17/h3-4,6,9,17H,5,7-8,10-14H2,1-2H3. The predicted molar refractivity (Wildman–Crippen MR) is 112 cm³/mol. The number of carbonyl (C=O) groups is 2. The van der Waals surface area contributed by atoms with Gasteiger partial charge in [-0.3, -0.25) is 14.3 Å². The Balaban J connectivity index is 1.44. The molecule has 0 unspecified atom stereocenters. The SMILES string of the molecule is Cc1nn(Cc2ccccc2Cl)c(C)c1C(=O)N1CCN(C(=O)C2CCC2)CC1. The number of halogens is 1. The first-order valence-corrected chi connectivity index (χ1v) is 10.7. The highest BCUT2D eigenvalue weighted by Gasteiger charge is 2.33. The Labute approximate surface area is 176 Å². The fourth-order valence-corrected chi connectivity index (χ4v) is 4.35. The Bertz CT molecular complexity index is 927. The van der Waals surface area contributed by atoms with E-state index in [1.54, 1.807) is 0 Å². The first-order valence-electron chi connectivity index (χ1n) is 10.3. The zero-order valence-electron chi connectivity index (χ0n) is 17.0. The van der Waals surface area contributed by atoms with Crippen molar-refractivity contribution in [3.8, 4) is 0 Å². The Hall–Kier alpha value is -2.34. The molecule has 2 fully saturated rings. The smallest absolute Gasteiger partial charge is 0.257 e. The van der Waals surface area contributed by atoms with Gasteiger partial charge in [-0.05, 0) is 38.3 Å². The molecule has 1 aliphatic heterocycles. The highest BCUT2D eigenvalue weighted by molar-refractivity contribution is 6.31. The van der Waals surface area contributed by atoms with Crippen molar-refractivity contribution in [2.75, 3.05) is 26.2 Å². The average Bonchev–Trinajstić information content (AvgIpc) is 2.95. The summed E-state index contributed by atoms with van der Waals surface area (Å²) < 4.78 is 1.85. The maximum atomic E-state index is 13.2. The van der Waals surface area contributed by atoms with Crippen molar-refractivity contribution in [2.24, 2.45) is 5.92 Å². The molecule has 1 saturated heterocycles. The van der Waals surface area contributed by atoms with E-state index in [0.29, 0.717) is 43.3 Å². The predicted octanol–water partition coefficient (Wildman–Crippen LogP) is 3.29. The lowest BCUT2D eigenvalue weighted by atomic mass is 9.84. The van der Waals surface area contributed by atoms with E-state index in [0.717, 1.165) is 36.2 Å². The van der Waals surface area contributed by atoms with E-state index in [1.165, 1.54) is 0 Å². The fourth-order valence-electron chi connectivity index (χ4n) is 4.15. The highest BCUT2D eigenvalue weighted by atomic mass is 35.5. The number of hydrogen-bond acceptors (Lipinski definition) is 3. The van der Waals surface area contributed by atoms with Gasteiger partial charge in [0, 0.05) is 42.8 Å². The summed E-state index contributed by atoms with van der Waals surface area (Å²) in [6.45, 7) is 6.72. The van der Waals surface area contributed by atoms with Crippen molar-refractivity contribution in [2.45, 2.75) is 39.7 Å². The van der Waals surface area contributed by atoms with Crippen LogP contribution >= 0.6 is 11.6 Å².